The third kappa shape index (κ3) is 4.74. The number of benzene rings is 1. The highest BCUT2D eigenvalue weighted by Crippen LogP contribution is 2.49. The second-order valence-corrected chi connectivity index (χ2v) is 10.3. The maximum atomic E-state index is 13.5. The van der Waals surface area contributed by atoms with Crippen molar-refractivity contribution in [1.29, 1.82) is 0 Å². The van der Waals surface area contributed by atoms with Crippen LogP contribution in [0, 0.1) is 18.8 Å². The number of ketones is 3. The summed E-state index contributed by atoms with van der Waals surface area (Å²) in [6.45, 7) is 6.06. The Hall–Kier alpha value is -3.89. The second-order valence-electron chi connectivity index (χ2n) is 10.3. The molecule has 1 aliphatic carbocycles. The first-order valence-corrected chi connectivity index (χ1v) is 12.8. The maximum absolute atomic E-state index is 13.5. The number of cyclic esters (lactones) is 1. The van der Waals surface area contributed by atoms with Crippen molar-refractivity contribution >= 4 is 29.2 Å². The highest BCUT2D eigenvalue weighted by atomic mass is 16.6. The number of Topliss-reactive ketones (excluding diaryl/α,β-unsaturated/α-hetero) is 2. The van der Waals surface area contributed by atoms with Crippen molar-refractivity contribution in [3.8, 4) is 5.75 Å². The fourth-order valence-corrected chi connectivity index (χ4v) is 5.26. The molecule has 4 N–H and O–H groups in total. The van der Waals surface area contributed by atoms with Gasteiger partial charge in [-0.25, -0.2) is 4.79 Å². The maximum Gasteiger partial charge on any atom is 0.379 e. The number of aliphatic hydroxyl groups excluding tert-OH is 1. The number of carbonyl (C=O) groups excluding carboxylic acids is 5. The largest absolute Gasteiger partial charge is 0.507 e. The van der Waals surface area contributed by atoms with Gasteiger partial charge in [0.1, 0.15) is 17.5 Å². The van der Waals surface area contributed by atoms with Crippen LogP contribution in [0.1, 0.15) is 71.9 Å². The minimum Gasteiger partial charge on any atom is -0.507 e. The number of aliphatic hydroxyl groups is 2. The monoisotopic (exact) mass is 537 g/mol. The summed E-state index contributed by atoms with van der Waals surface area (Å²) in [4.78, 5) is 65.3. The van der Waals surface area contributed by atoms with Crippen LogP contribution in [0.5, 0.6) is 5.75 Å². The molecule has 10 nitrogen and oxygen atoms in total. The van der Waals surface area contributed by atoms with Crippen LogP contribution in [0.4, 0.5) is 0 Å². The Labute approximate surface area is 225 Å². The molecule has 1 aromatic carbocycles. The lowest BCUT2D eigenvalue weighted by molar-refractivity contribution is -0.157. The second kappa shape index (κ2) is 10.3. The van der Waals surface area contributed by atoms with Crippen molar-refractivity contribution in [3.05, 3.63) is 63.9 Å². The number of aromatic hydroxyl groups is 1. The average molecular weight is 538 g/mol. The SMILES string of the molecule is CC[C@@H]1C=C[C@H]([C@@H](C)O)OC(=O)C(=O)C(C)=C[C@H]2C(=O)NC3=CC(=O)c4c(cc(C)c(O)c4C(=O)CC1)[C@@]32O. The Balaban J connectivity index is 1.96. The van der Waals surface area contributed by atoms with E-state index in [1.165, 1.54) is 32.9 Å². The lowest BCUT2D eigenvalue weighted by Crippen LogP contribution is -2.39. The molecule has 2 heterocycles. The minimum atomic E-state index is -2.18. The number of hydrogen-bond acceptors (Lipinski definition) is 9. The fourth-order valence-electron chi connectivity index (χ4n) is 5.26. The number of hydrogen-bond donors (Lipinski definition) is 4. The van der Waals surface area contributed by atoms with Crippen LogP contribution in [0.2, 0.25) is 0 Å². The molecular weight excluding hydrogens is 506 g/mol. The van der Waals surface area contributed by atoms with E-state index in [4.69, 9.17) is 4.74 Å². The van der Waals surface area contributed by atoms with Gasteiger partial charge in [0.25, 0.3) is 5.78 Å². The number of allylic oxidation sites excluding steroid dienone is 2. The summed E-state index contributed by atoms with van der Waals surface area (Å²) in [5.74, 6) is -6.31. The van der Waals surface area contributed by atoms with E-state index in [9.17, 15) is 39.3 Å². The van der Waals surface area contributed by atoms with E-state index in [-0.39, 0.29) is 45.9 Å². The van der Waals surface area contributed by atoms with Gasteiger partial charge in [0.05, 0.1) is 23.3 Å². The number of phenols is 1. The summed E-state index contributed by atoms with van der Waals surface area (Å²) < 4.78 is 5.25. The summed E-state index contributed by atoms with van der Waals surface area (Å²) in [5.41, 5.74) is -2.82. The molecule has 1 fully saturated rings. The quantitative estimate of drug-likeness (QED) is 0.251. The Morgan fingerprint density at radius 2 is 1.82 bits per heavy atom. The van der Waals surface area contributed by atoms with Gasteiger partial charge in [-0.05, 0) is 57.2 Å². The van der Waals surface area contributed by atoms with E-state index in [0.717, 1.165) is 12.2 Å². The third-order valence-corrected chi connectivity index (χ3v) is 7.62. The number of ether oxygens (including phenoxy) is 1. The van der Waals surface area contributed by atoms with Gasteiger partial charge in [-0.3, -0.25) is 19.2 Å². The van der Waals surface area contributed by atoms with Crippen LogP contribution in [-0.4, -0.2) is 56.8 Å². The topological polar surface area (TPSA) is 167 Å². The predicted molar refractivity (Wildman–Crippen MR) is 138 cm³/mol. The van der Waals surface area contributed by atoms with Gasteiger partial charge >= 0.3 is 5.97 Å². The van der Waals surface area contributed by atoms with Crippen LogP contribution in [0.15, 0.2) is 41.6 Å². The zero-order valence-corrected chi connectivity index (χ0v) is 22.1. The van der Waals surface area contributed by atoms with Crippen molar-refractivity contribution in [2.24, 2.45) is 11.8 Å². The van der Waals surface area contributed by atoms with Crippen LogP contribution >= 0.6 is 0 Å². The van der Waals surface area contributed by atoms with E-state index in [1.807, 2.05) is 6.92 Å². The summed E-state index contributed by atoms with van der Waals surface area (Å²) >= 11 is 0. The number of esters is 1. The molecule has 206 valence electrons. The molecule has 0 unspecified atom stereocenters. The van der Waals surface area contributed by atoms with Crippen molar-refractivity contribution in [1.82, 2.24) is 5.32 Å². The number of aryl methyl sites for hydroxylation is 1. The number of phenolic OH excluding ortho intramolecular Hbond substituents is 1. The zero-order chi connectivity index (χ0) is 28.8. The number of amides is 1. The first-order chi connectivity index (χ1) is 18.3. The molecule has 0 saturated carbocycles. The molecule has 10 heteroatoms. The molecule has 4 rings (SSSR count). The van der Waals surface area contributed by atoms with Crippen molar-refractivity contribution in [2.75, 3.05) is 0 Å². The summed E-state index contributed by atoms with van der Waals surface area (Å²) in [7, 11) is 0. The molecular formula is C29H31NO9. The van der Waals surface area contributed by atoms with E-state index < -0.39 is 58.7 Å². The Morgan fingerprint density at radius 3 is 2.46 bits per heavy atom. The lowest BCUT2D eigenvalue weighted by atomic mass is 9.72. The summed E-state index contributed by atoms with van der Waals surface area (Å²) in [6, 6.07) is 1.35. The van der Waals surface area contributed by atoms with Crippen LogP contribution in [-0.2, 0) is 24.7 Å². The number of nitrogens with one attached hydrogen (secondary N) is 1. The molecule has 5 atom stereocenters. The molecule has 0 aromatic heterocycles. The molecule has 2 aliphatic heterocycles. The molecule has 1 aromatic rings. The van der Waals surface area contributed by atoms with E-state index >= 15 is 0 Å². The Kier molecular flexibility index (Phi) is 7.46. The number of carbonyl (C=O) groups is 5. The van der Waals surface area contributed by atoms with E-state index in [0.29, 0.717) is 12.8 Å². The van der Waals surface area contributed by atoms with E-state index in [2.05, 4.69) is 5.32 Å². The first kappa shape index (κ1) is 28.1. The normalized spacial score (nSPS) is 28.4. The van der Waals surface area contributed by atoms with Gasteiger partial charge in [-0.2, -0.15) is 0 Å². The van der Waals surface area contributed by atoms with Crippen molar-refractivity contribution in [2.45, 2.75) is 64.8 Å². The van der Waals surface area contributed by atoms with E-state index in [1.54, 1.807) is 6.08 Å². The van der Waals surface area contributed by atoms with Gasteiger partial charge in [0.2, 0.25) is 5.91 Å². The van der Waals surface area contributed by atoms with Crippen LogP contribution in [0.25, 0.3) is 0 Å². The summed E-state index contributed by atoms with van der Waals surface area (Å²) in [6.07, 6.45) is 3.79. The number of rotatable bonds is 2. The molecule has 0 radical (unpaired) electrons. The fraction of sp³-hybridized carbons (Fsp3) is 0.414. The van der Waals surface area contributed by atoms with Gasteiger partial charge < -0.3 is 25.4 Å². The highest BCUT2D eigenvalue weighted by Gasteiger charge is 2.55. The van der Waals surface area contributed by atoms with Crippen molar-refractivity contribution < 1.29 is 44.0 Å². The van der Waals surface area contributed by atoms with Crippen LogP contribution < -0.4 is 5.32 Å². The van der Waals surface area contributed by atoms with Gasteiger partial charge in [0.15, 0.2) is 11.6 Å². The molecule has 39 heavy (non-hydrogen) atoms. The first-order valence-electron chi connectivity index (χ1n) is 12.8. The Bertz CT molecular complexity index is 1380. The predicted octanol–water partition coefficient (Wildman–Crippen LogP) is 2.08. The standard InChI is InChI=1S/C29H31NO9/c1-5-16-6-8-19(32)24-23-17(10-13(2)25(24)34)29(38)18(27(36)30-22(29)12-20(23)33)11-14(3)26(35)28(37)39-21(9-7-16)15(4)31/h7,9-12,15-16,18,21,31,34,38H,5-6,8H2,1-4H3,(H,30,36)/t15-,16+,18+,21-,29+/m1/s1. The summed E-state index contributed by atoms with van der Waals surface area (Å²) in [5, 5.41) is 35.5. The molecule has 3 aliphatic rings. The Morgan fingerprint density at radius 1 is 1.13 bits per heavy atom. The molecule has 4 bridgehead atoms. The van der Waals surface area contributed by atoms with Gasteiger partial charge in [0, 0.05) is 29.2 Å². The van der Waals surface area contributed by atoms with Crippen molar-refractivity contribution in [3.63, 3.8) is 0 Å². The van der Waals surface area contributed by atoms with Gasteiger partial charge in [-0.15, -0.1) is 0 Å². The lowest BCUT2D eigenvalue weighted by Gasteiger charge is -2.34. The third-order valence-electron chi connectivity index (χ3n) is 7.62. The average Bonchev–Trinajstić information content (AvgIpc) is 3.12. The molecule has 1 saturated heterocycles. The van der Waals surface area contributed by atoms with Gasteiger partial charge in [-0.1, -0.05) is 19.1 Å². The van der Waals surface area contributed by atoms with Crippen LogP contribution in [0.3, 0.4) is 0 Å². The zero-order valence-electron chi connectivity index (χ0n) is 22.1. The molecule has 0 spiro atoms. The highest BCUT2D eigenvalue weighted by molar-refractivity contribution is 6.40. The smallest absolute Gasteiger partial charge is 0.379 e. The molecule has 1 amide bonds. The minimum absolute atomic E-state index is 0.0588.